The van der Waals surface area contributed by atoms with Gasteiger partial charge in [-0.3, -0.25) is 0 Å². The molecule has 1 N–H and O–H groups in total. The molecule has 108 valence electrons. The second kappa shape index (κ2) is 7.57. The zero-order valence-electron chi connectivity index (χ0n) is 11.6. The Labute approximate surface area is 128 Å². The molecule has 0 bridgehead atoms. The maximum Gasteiger partial charge on any atom is 0.151 e. The van der Waals surface area contributed by atoms with Gasteiger partial charge in [0.2, 0.25) is 0 Å². The van der Waals surface area contributed by atoms with Crippen molar-refractivity contribution in [2.24, 2.45) is 0 Å². The molecule has 0 unspecified atom stereocenters. The number of ether oxygens (including phenoxy) is 1. The second-order valence-electron chi connectivity index (χ2n) is 4.30. The van der Waals surface area contributed by atoms with Gasteiger partial charge >= 0.3 is 0 Å². The molecule has 1 aromatic carbocycles. The van der Waals surface area contributed by atoms with Crippen molar-refractivity contribution in [2.45, 2.75) is 19.8 Å². The van der Waals surface area contributed by atoms with Crippen molar-refractivity contribution >= 4 is 22.9 Å². The number of methoxy groups -OCH3 is 1. The molecule has 0 atom stereocenters. The number of halogens is 1. The van der Waals surface area contributed by atoms with Crippen LogP contribution in [0, 0.1) is 0 Å². The topological polar surface area (TPSA) is 47.0 Å². The Kier molecular flexibility index (Phi) is 5.76. The van der Waals surface area contributed by atoms with E-state index in [0.717, 1.165) is 47.3 Å². The summed E-state index contributed by atoms with van der Waals surface area (Å²) < 4.78 is 5.35. The van der Waals surface area contributed by atoms with Gasteiger partial charge in [-0.1, -0.05) is 29.9 Å². The first kappa shape index (κ1) is 15.2. The number of aryl methyl sites for hydroxylation is 1. The molecule has 0 aliphatic carbocycles. The lowest BCUT2D eigenvalue weighted by Gasteiger charge is -2.05. The molecule has 0 amide bonds. The third-order valence-corrected chi connectivity index (χ3v) is 4.11. The van der Waals surface area contributed by atoms with Crippen molar-refractivity contribution in [1.29, 1.82) is 0 Å². The highest BCUT2D eigenvalue weighted by Gasteiger charge is 2.12. The lowest BCUT2D eigenvalue weighted by atomic mass is 10.2. The molecule has 0 saturated carbocycles. The Morgan fingerprint density at radius 3 is 2.95 bits per heavy atom. The van der Waals surface area contributed by atoms with E-state index >= 15 is 0 Å². The zero-order valence-corrected chi connectivity index (χ0v) is 13.2. The fraction of sp³-hybridized carbons (Fsp3) is 0.429. The summed E-state index contributed by atoms with van der Waals surface area (Å²) in [5.41, 5.74) is 0.937. The largest absolute Gasteiger partial charge is 0.496 e. The molecule has 0 aliphatic heterocycles. The van der Waals surface area contributed by atoms with Crippen molar-refractivity contribution in [3.8, 4) is 16.3 Å². The quantitative estimate of drug-likeness (QED) is 0.796. The predicted molar refractivity (Wildman–Crippen MR) is 83.8 cm³/mol. The number of hydrogen-bond donors (Lipinski definition) is 1. The van der Waals surface area contributed by atoms with Crippen LogP contribution < -0.4 is 10.1 Å². The molecule has 2 rings (SSSR count). The van der Waals surface area contributed by atoms with Gasteiger partial charge in [-0.25, -0.2) is 0 Å². The molecular weight excluding hydrogens is 294 g/mol. The lowest BCUT2D eigenvalue weighted by Crippen LogP contribution is -2.14. The van der Waals surface area contributed by atoms with Gasteiger partial charge in [-0.15, -0.1) is 10.2 Å². The van der Waals surface area contributed by atoms with Crippen LogP contribution in [0.3, 0.4) is 0 Å². The highest BCUT2D eigenvalue weighted by Crippen LogP contribution is 2.34. The molecule has 2 aromatic rings. The fourth-order valence-electron chi connectivity index (χ4n) is 1.85. The summed E-state index contributed by atoms with van der Waals surface area (Å²) in [6.07, 6.45) is 2.01. The van der Waals surface area contributed by atoms with Crippen molar-refractivity contribution < 1.29 is 4.74 Å². The Balaban J connectivity index is 2.08. The Morgan fingerprint density at radius 1 is 1.35 bits per heavy atom. The molecule has 6 heteroatoms. The summed E-state index contributed by atoms with van der Waals surface area (Å²) in [7, 11) is 1.63. The van der Waals surface area contributed by atoms with Crippen LogP contribution in [0.15, 0.2) is 18.2 Å². The van der Waals surface area contributed by atoms with Crippen LogP contribution in [0.1, 0.15) is 18.4 Å². The Bertz CT molecular complexity index is 559. The molecular formula is C14H18ClN3OS. The zero-order chi connectivity index (χ0) is 14.4. The molecule has 0 spiro atoms. The smallest absolute Gasteiger partial charge is 0.151 e. The second-order valence-corrected chi connectivity index (χ2v) is 5.80. The summed E-state index contributed by atoms with van der Waals surface area (Å²) >= 11 is 7.57. The van der Waals surface area contributed by atoms with Crippen LogP contribution in [0.5, 0.6) is 5.75 Å². The van der Waals surface area contributed by atoms with E-state index in [1.165, 1.54) is 0 Å². The minimum Gasteiger partial charge on any atom is -0.496 e. The highest BCUT2D eigenvalue weighted by atomic mass is 35.5. The van der Waals surface area contributed by atoms with E-state index in [0.29, 0.717) is 5.02 Å². The number of hydrogen-bond acceptors (Lipinski definition) is 5. The molecule has 20 heavy (non-hydrogen) atoms. The van der Waals surface area contributed by atoms with E-state index < -0.39 is 0 Å². The normalized spacial score (nSPS) is 10.8. The monoisotopic (exact) mass is 311 g/mol. The minimum atomic E-state index is 0.654. The third-order valence-electron chi connectivity index (χ3n) is 2.86. The van der Waals surface area contributed by atoms with Crippen molar-refractivity contribution in [3.63, 3.8) is 0 Å². The van der Waals surface area contributed by atoms with E-state index in [9.17, 15) is 0 Å². The standard InChI is InChI=1S/C14H18ClN3OS/c1-3-16-8-4-5-13-17-18-14(20-13)11-7-6-10(15)9-12(11)19-2/h6-7,9,16H,3-5,8H2,1-2H3. The summed E-state index contributed by atoms with van der Waals surface area (Å²) in [4.78, 5) is 0. The first-order chi connectivity index (χ1) is 9.74. The number of benzene rings is 1. The maximum absolute atomic E-state index is 5.97. The van der Waals surface area contributed by atoms with E-state index in [4.69, 9.17) is 16.3 Å². The lowest BCUT2D eigenvalue weighted by molar-refractivity contribution is 0.416. The molecule has 4 nitrogen and oxygen atoms in total. The highest BCUT2D eigenvalue weighted by molar-refractivity contribution is 7.14. The number of nitrogens with zero attached hydrogens (tertiary/aromatic N) is 2. The van der Waals surface area contributed by atoms with Crippen LogP contribution in [-0.2, 0) is 6.42 Å². The predicted octanol–water partition coefficient (Wildman–Crippen LogP) is 3.41. The maximum atomic E-state index is 5.97. The fourth-order valence-corrected chi connectivity index (χ4v) is 2.92. The van der Waals surface area contributed by atoms with Gasteiger partial charge in [-0.05, 0) is 37.7 Å². The van der Waals surface area contributed by atoms with Crippen LogP contribution in [0.2, 0.25) is 5.02 Å². The number of aromatic nitrogens is 2. The average molecular weight is 312 g/mol. The SMILES string of the molecule is CCNCCCc1nnc(-c2ccc(Cl)cc2OC)s1. The van der Waals surface area contributed by atoms with Gasteiger partial charge in [0, 0.05) is 11.4 Å². The van der Waals surface area contributed by atoms with E-state index in [-0.39, 0.29) is 0 Å². The first-order valence-electron chi connectivity index (χ1n) is 6.61. The Morgan fingerprint density at radius 2 is 2.20 bits per heavy atom. The van der Waals surface area contributed by atoms with E-state index in [1.54, 1.807) is 24.5 Å². The van der Waals surface area contributed by atoms with Gasteiger partial charge in [0.1, 0.15) is 10.8 Å². The van der Waals surface area contributed by atoms with Crippen molar-refractivity contribution in [1.82, 2.24) is 15.5 Å². The van der Waals surface area contributed by atoms with Gasteiger partial charge in [0.15, 0.2) is 5.01 Å². The van der Waals surface area contributed by atoms with Crippen LogP contribution in [-0.4, -0.2) is 30.4 Å². The summed E-state index contributed by atoms with van der Waals surface area (Å²) in [5.74, 6) is 0.729. The van der Waals surface area contributed by atoms with Crippen LogP contribution in [0.25, 0.3) is 10.6 Å². The Hall–Kier alpha value is -1.17. The van der Waals surface area contributed by atoms with E-state index in [2.05, 4.69) is 22.4 Å². The van der Waals surface area contributed by atoms with Crippen LogP contribution in [0.4, 0.5) is 0 Å². The molecule has 0 radical (unpaired) electrons. The first-order valence-corrected chi connectivity index (χ1v) is 7.81. The summed E-state index contributed by atoms with van der Waals surface area (Å²) in [6.45, 7) is 4.12. The summed E-state index contributed by atoms with van der Waals surface area (Å²) in [5, 5.41) is 14.4. The van der Waals surface area contributed by atoms with Gasteiger partial charge in [-0.2, -0.15) is 0 Å². The van der Waals surface area contributed by atoms with Gasteiger partial charge < -0.3 is 10.1 Å². The minimum absolute atomic E-state index is 0.654. The van der Waals surface area contributed by atoms with Crippen molar-refractivity contribution in [3.05, 3.63) is 28.2 Å². The molecule has 0 aliphatic rings. The van der Waals surface area contributed by atoms with Gasteiger partial charge in [0.25, 0.3) is 0 Å². The molecule has 1 aromatic heterocycles. The van der Waals surface area contributed by atoms with Crippen LogP contribution >= 0.6 is 22.9 Å². The summed E-state index contributed by atoms with van der Waals surface area (Å²) in [6, 6.07) is 5.55. The molecule has 1 heterocycles. The van der Waals surface area contributed by atoms with Gasteiger partial charge in [0.05, 0.1) is 12.7 Å². The van der Waals surface area contributed by atoms with E-state index in [1.807, 2.05) is 12.1 Å². The number of rotatable bonds is 7. The molecule has 0 fully saturated rings. The van der Waals surface area contributed by atoms with Crippen molar-refractivity contribution in [2.75, 3.05) is 20.2 Å². The third kappa shape index (κ3) is 3.91. The number of nitrogens with one attached hydrogen (secondary N) is 1. The molecule has 0 saturated heterocycles. The average Bonchev–Trinajstić information content (AvgIpc) is 2.92.